The maximum Gasteiger partial charge on any atom is 0.232 e. The molecule has 1 fully saturated rings. The second kappa shape index (κ2) is 11.4. The molecule has 0 N–H and O–H groups in total. The molecular weight excluding hydrogens is 454 g/mol. The van der Waals surface area contributed by atoms with Crippen LogP contribution in [-0.4, -0.2) is 61.4 Å². The van der Waals surface area contributed by atoms with Gasteiger partial charge in [-0.15, -0.1) is 23.1 Å². The summed E-state index contributed by atoms with van der Waals surface area (Å²) in [6.07, 6.45) is 0. The molecule has 1 aliphatic heterocycles. The topological polar surface area (TPSA) is 54.9 Å². The first-order chi connectivity index (χ1) is 16.2. The fourth-order valence-electron chi connectivity index (χ4n) is 3.71. The number of hydrogen-bond donors (Lipinski definition) is 0. The van der Waals surface area contributed by atoms with Crippen LogP contribution in [-0.2, 0) is 10.5 Å². The van der Waals surface area contributed by atoms with Crippen molar-refractivity contribution in [1.82, 2.24) is 9.88 Å². The molecule has 0 unspecified atom stereocenters. The van der Waals surface area contributed by atoms with Gasteiger partial charge in [-0.3, -0.25) is 4.79 Å². The third kappa shape index (κ3) is 6.21. The highest BCUT2D eigenvalue weighted by Crippen LogP contribution is 2.27. The lowest BCUT2D eigenvalue weighted by Gasteiger charge is -2.36. The van der Waals surface area contributed by atoms with Crippen molar-refractivity contribution in [2.75, 3.05) is 50.5 Å². The molecule has 33 heavy (non-hydrogen) atoms. The number of amides is 1. The highest BCUT2D eigenvalue weighted by atomic mass is 32.2. The van der Waals surface area contributed by atoms with Crippen LogP contribution in [0.4, 0.5) is 5.69 Å². The average molecular weight is 484 g/mol. The van der Waals surface area contributed by atoms with E-state index in [1.165, 1.54) is 5.69 Å². The van der Waals surface area contributed by atoms with Gasteiger partial charge in [-0.05, 0) is 55.5 Å². The third-order valence-electron chi connectivity index (χ3n) is 5.51. The molecule has 2 aromatic carbocycles. The molecule has 1 amide bonds. The lowest BCUT2D eigenvalue weighted by molar-refractivity contribution is -0.128. The van der Waals surface area contributed by atoms with Crippen LogP contribution < -0.4 is 14.4 Å². The molecular formula is C25H29N3O3S2. The van der Waals surface area contributed by atoms with Gasteiger partial charge in [0.2, 0.25) is 5.91 Å². The minimum atomic E-state index is 0.205. The molecule has 2 heterocycles. The van der Waals surface area contributed by atoms with E-state index in [4.69, 9.17) is 14.5 Å². The molecule has 0 radical (unpaired) electrons. The fourth-order valence-corrected chi connectivity index (χ4v) is 5.46. The smallest absolute Gasteiger partial charge is 0.232 e. The second-order valence-electron chi connectivity index (χ2n) is 7.66. The number of rotatable bonds is 9. The zero-order chi connectivity index (χ0) is 23.0. The second-order valence-corrected chi connectivity index (χ2v) is 9.50. The highest BCUT2D eigenvalue weighted by Gasteiger charge is 2.21. The van der Waals surface area contributed by atoms with Crippen molar-refractivity contribution in [3.05, 3.63) is 59.6 Å². The first kappa shape index (κ1) is 23.4. The molecule has 6 nitrogen and oxygen atoms in total. The number of carbonyl (C=O) groups is 1. The van der Waals surface area contributed by atoms with Gasteiger partial charge in [-0.1, -0.05) is 0 Å². The number of benzene rings is 2. The Balaban J connectivity index is 1.21. The lowest BCUT2D eigenvalue weighted by Crippen LogP contribution is -2.49. The highest BCUT2D eigenvalue weighted by molar-refractivity contribution is 7.99. The number of aromatic nitrogens is 1. The number of carbonyl (C=O) groups excluding carboxylic acids is 1. The van der Waals surface area contributed by atoms with E-state index in [0.29, 0.717) is 12.4 Å². The molecule has 0 saturated carbocycles. The van der Waals surface area contributed by atoms with Crippen LogP contribution in [0.5, 0.6) is 11.5 Å². The summed E-state index contributed by atoms with van der Waals surface area (Å²) in [6.45, 7) is 5.84. The van der Waals surface area contributed by atoms with Gasteiger partial charge in [-0.2, -0.15) is 0 Å². The Morgan fingerprint density at radius 3 is 2.39 bits per heavy atom. The van der Waals surface area contributed by atoms with Crippen LogP contribution in [0, 0.1) is 0 Å². The van der Waals surface area contributed by atoms with Crippen molar-refractivity contribution >= 4 is 34.7 Å². The summed E-state index contributed by atoms with van der Waals surface area (Å²) in [6, 6.07) is 16.1. The van der Waals surface area contributed by atoms with E-state index in [2.05, 4.69) is 22.4 Å². The predicted octanol–water partition coefficient (Wildman–Crippen LogP) is 4.80. The van der Waals surface area contributed by atoms with Crippen LogP contribution in [0.2, 0.25) is 0 Å². The number of hydrogen-bond acceptors (Lipinski definition) is 7. The Morgan fingerprint density at radius 2 is 1.73 bits per heavy atom. The molecule has 1 saturated heterocycles. The van der Waals surface area contributed by atoms with Gasteiger partial charge >= 0.3 is 0 Å². The van der Waals surface area contributed by atoms with Gasteiger partial charge in [0.1, 0.15) is 16.5 Å². The standard InChI is InChI=1S/C25H29N3O3S2/c1-3-31-23-8-4-19(5-9-23)25-26-20(17-33-25)16-32-18-24(29)28-14-12-27(13-15-28)21-6-10-22(30-2)11-7-21/h4-11,17H,3,12-16,18H2,1-2H3. The monoisotopic (exact) mass is 483 g/mol. The van der Waals surface area contributed by atoms with Gasteiger partial charge in [0.15, 0.2) is 0 Å². The lowest BCUT2D eigenvalue weighted by atomic mass is 10.2. The van der Waals surface area contributed by atoms with Gasteiger partial charge < -0.3 is 19.3 Å². The summed E-state index contributed by atoms with van der Waals surface area (Å²) in [5, 5.41) is 3.08. The Hall–Kier alpha value is -2.71. The van der Waals surface area contributed by atoms with Crippen molar-refractivity contribution in [3.8, 4) is 22.1 Å². The van der Waals surface area contributed by atoms with E-state index in [9.17, 15) is 4.79 Å². The number of ether oxygens (including phenoxy) is 2. The molecule has 3 aromatic rings. The zero-order valence-corrected chi connectivity index (χ0v) is 20.7. The average Bonchev–Trinajstić information content (AvgIpc) is 3.34. The van der Waals surface area contributed by atoms with Crippen LogP contribution in [0.15, 0.2) is 53.9 Å². The summed E-state index contributed by atoms with van der Waals surface area (Å²) >= 11 is 3.27. The van der Waals surface area contributed by atoms with Crippen molar-refractivity contribution in [1.29, 1.82) is 0 Å². The predicted molar refractivity (Wildman–Crippen MR) is 137 cm³/mol. The SMILES string of the molecule is CCOc1ccc(-c2nc(CSCC(=O)N3CCN(c4ccc(OC)cc4)CC3)cs2)cc1. The molecule has 1 aromatic heterocycles. The summed E-state index contributed by atoms with van der Waals surface area (Å²) in [5.41, 5.74) is 3.28. The van der Waals surface area contributed by atoms with Crippen molar-refractivity contribution < 1.29 is 14.3 Å². The number of piperazine rings is 1. The van der Waals surface area contributed by atoms with Crippen molar-refractivity contribution in [2.24, 2.45) is 0 Å². The van der Waals surface area contributed by atoms with E-state index in [1.807, 2.05) is 48.2 Å². The Bertz CT molecular complexity index is 1030. The number of thioether (sulfide) groups is 1. The fraction of sp³-hybridized carbons (Fsp3) is 0.360. The van der Waals surface area contributed by atoms with Crippen LogP contribution in [0.3, 0.4) is 0 Å². The van der Waals surface area contributed by atoms with Crippen molar-refractivity contribution in [2.45, 2.75) is 12.7 Å². The largest absolute Gasteiger partial charge is 0.497 e. The number of anilines is 1. The summed E-state index contributed by atoms with van der Waals surface area (Å²) in [5.74, 6) is 3.16. The van der Waals surface area contributed by atoms with E-state index in [-0.39, 0.29) is 5.91 Å². The maximum atomic E-state index is 12.7. The van der Waals surface area contributed by atoms with Gasteiger partial charge in [-0.25, -0.2) is 4.98 Å². The number of thiazole rings is 1. The Morgan fingerprint density at radius 1 is 1.03 bits per heavy atom. The molecule has 4 rings (SSSR count). The first-order valence-electron chi connectivity index (χ1n) is 11.1. The third-order valence-corrected chi connectivity index (χ3v) is 7.40. The summed E-state index contributed by atoms with van der Waals surface area (Å²) < 4.78 is 10.7. The number of nitrogens with zero attached hydrogens (tertiary/aromatic N) is 3. The van der Waals surface area contributed by atoms with E-state index >= 15 is 0 Å². The van der Waals surface area contributed by atoms with Gasteiger partial charge in [0, 0.05) is 48.6 Å². The Kier molecular flexibility index (Phi) is 8.12. The van der Waals surface area contributed by atoms with Crippen LogP contribution in [0.25, 0.3) is 10.6 Å². The van der Waals surface area contributed by atoms with E-state index in [0.717, 1.165) is 59.7 Å². The zero-order valence-electron chi connectivity index (χ0n) is 19.0. The first-order valence-corrected chi connectivity index (χ1v) is 13.1. The van der Waals surface area contributed by atoms with E-state index < -0.39 is 0 Å². The molecule has 0 atom stereocenters. The van der Waals surface area contributed by atoms with Crippen molar-refractivity contribution in [3.63, 3.8) is 0 Å². The molecule has 8 heteroatoms. The molecule has 0 aliphatic carbocycles. The molecule has 174 valence electrons. The summed E-state index contributed by atoms with van der Waals surface area (Å²) in [4.78, 5) is 21.7. The maximum absolute atomic E-state index is 12.7. The normalized spacial score (nSPS) is 13.8. The molecule has 0 bridgehead atoms. The van der Waals surface area contributed by atoms with Crippen LogP contribution in [0.1, 0.15) is 12.6 Å². The summed E-state index contributed by atoms with van der Waals surface area (Å²) in [7, 11) is 1.67. The van der Waals surface area contributed by atoms with Gasteiger partial charge in [0.25, 0.3) is 0 Å². The van der Waals surface area contributed by atoms with E-state index in [1.54, 1.807) is 30.2 Å². The molecule has 1 aliphatic rings. The number of methoxy groups -OCH3 is 1. The molecule has 0 spiro atoms. The quantitative estimate of drug-likeness (QED) is 0.436. The van der Waals surface area contributed by atoms with Gasteiger partial charge in [0.05, 0.1) is 25.2 Å². The minimum absolute atomic E-state index is 0.205. The Labute approximate surface area is 203 Å². The van der Waals surface area contributed by atoms with Crippen LogP contribution >= 0.6 is 23.1 Å². The minimum Gasteiger partial charge on any atom is -0.497 e.